The van der Waals surface area contributed by atoms with E-state index in [0.717, 1.165) is 0 Å². The van der Waals surface area contributed by atoms with Gasteiger partial charge in [0.15, 0.2) is 0 Å². The van der Waals surface area contributed by atoms with Crippen LogP contribution in [-0.2, 0) is 10.8 Å². The van der Waals surface area contributed by atoms with E-state index in [1.54, 1.807) is 0 Å². The predicted octanol–water partition coefficient (Wildman–Crippen LogP) is 13.5. The van der Waals surface area contributed by atoms with Gasteiger partial charge in [0, 0.05) is 16.3 Å². The van der Waals surface area contributed by atoms with Gasteiger partial charge in [0.2, 0.25) is 0 Å². The van der Waals surface area contributed by atoms with Gasteiger partial charge in [-0.05, 0) is 96.6 Å². The van der Waals surface area contributed by atoms with Crippen LogP contribution < -0.4 is 0 Å². The van der Waals surface area contributed by atoms with E-state index in [0.29, 0.717) is 0 Å². The number of para-hydroxylation sites is 1. The Morgan fingerprint density at radius 3 is 1.37 bits per heavy atom. The van der Waals surface area contributed by atoms with Gasteiger partial charge >= 0.3 is 0 Å². The normalized spacial score (nSPS) is 14.6. The Labute approximate surface area is 331 Å². The van der Waals surface area contributed by atoms with Gasteiger partial charge in [-0.3, -0.25) is 0 Å². The summed E-state index contributed by atoms with van der Waals surface area (Å²) in [7, 11) is 0. The molecule has 13 rings (SSSR count). The van der Waals surface area contributed by atoms with Crippen molar-refractivity contribution in [1.82, 2.24) is 4.57 Å². The molecule has 0 N–H and O–H groups in total. The van der Waals surface area contributed by atoms with Crippen molar-refractivity contribution in [3.05, 3.63) is 257 Å². The Morgan fingerprint density at radius 1 is 0.281 bits per heavy atom. The standard InChI is InChI=1S/C56H35N/c1-2-17-36(18-3-1)37-33-34-52-42(35-37)40-21-7-15-31-51(40)57(52)53-32-16-30-50-54(53)41-22-6-10-25-45(41)56(50)48-28-13-11-26-46(48)55(47-27-12-14-29-49(47)56)43-23-8-4-19-38(43)39-20-5-9-24-44(39)55/h1-35H. The summed E-state index contributed by atoms with van der Waals surface area (Å²) in [5.41, 5.74) is 21.2. The third kappa shape index (κ3) is 3.70. The molecule has 10 aromatic rings. The maximum atomic E-state index is 2.53. The van der Waals surface area contributed by atoms with Gasteiger partial charge in [-0.1, -0.05) is 188 Å². The highest BCUT2D eigenvalue weighted by molar-refractivity contribution is 6.11. The van der Waals surface area contributed by atoms with E-state index in [1.807, 2.05) is 0 Å². The minimum atomic E-state index is -0.536. The largest absolute Gasteiger partial charge is 0.309 e. The van der Waals surface area contributed by atoms with Crippen LogP contribution in [0, 0.1) is 0 Å². The minimum Gasteiger partial charge on any atom is -0.309 e. The van der Waals surface area contributed by atoms with E-state index in [9.17, 15) is 0 Å². The molecule has 0 fully saturated rings. The molecule has 0 atom stereocenters. The van der Waals surface area contributed by atoms with E-state index in [1.165, 1.54) is 105 Å². The fourth-order valence-corrected chi connectivity index (χ4v) is 11.5. The second kappa shape index (κ2) is 11.2. The van der Waals surface area contributed by atoms with E-state index in [4.69, 9.17) is 0 Å². The van der Waals surface area contributed by atoms with Crippen molar-refractivity contribution in [3.63, 3.8) is 0 Å². The number of rotatable bonds is 2. The number of aromatic nitrogens is 1. The van der Waals surface area contributed by atoms with Crippen molar-refractivity contribution in [1.29, 1.82) is 0 Å². The van der Waals surface area contributed by atoms with Crippen LogP contribution in [0.1, 0.15) is 44.5 Å². The molecular weight excluding hydrogens is 687 g/mol. The van der Waals surface area contributed by atoms with Crippen LogP contribution in [0.5, 0.6) is 0 Å². The molecule has 1 aromatic heterocycles. The summed E-state index contributed by atoms with van der Waals surface area (Å²) in [6.45, 7) is 0. The molecule has 0 unspecified atom stereocenters. The monoisotopic (exact) mass is 721 g/mol. The number of hydrogen-bond donors (Lipinski definition) is 0. The Balaban J connectivity index is 1.15. The molecule has 0 saturated heterocycles. The predicted molar refractivity (Wildman–Crippen MR) is 234 cm³/mol. The second-order valence-corrected chi connectivity index (χ2v) is 15.9. The van der Waals surface area contributed by atoms with Crippen LogP contribution in [0.2, 0.25) is 0 Å². The zero-order valence-corrected chi connectivity index (χ0v) is 31.2. The lowest BCUT2D eigenvalue weighted by Gasteiger charge is -2.48. The molecule has 2 spiro atoms. The smallest absolute Gasteiger partial charge is 0.0720 e. The summed E-state index contributed by atoms with van der Waals surface area (Å²) < 4.78 is 2.53. The molecule has 0 amide bonds. The summed E-state index contributed by atoms with van der Waals surface area (Å²) in [6, 6.07) is 79.9. The molecule has 264 valence electrons. The third-order valence-electron chi connectivity index (χ3n) is 13.5. The molecule has 9 aromatic carbocycles. The Hall–Kier alpha value is -7.22. The first-order chi connectivity index (χ1) is 28.3. The summed E-state index contributed by atoms with van der Waals surface area (Å²) >= 11 is 0. The van der Waals surface area contributed by atoms with Crippen molar-refractivity contribution < 1.29 is 0 Å². The molecule has 3 aliphatic carbocycles. The van der Waals surface area contributed by atoms with Gasteiger partial charge in [0.1, 0.15) is 0 Å². The SMILES string of the molecule is c1ccc(-c2ccc3c(c2)c2ccccc2n3-c2cccc3c2-c2ccccc2C32c3ccccc3C3(c4ccccc4-c4ccccc43)c3ccccc32)cc1. The van der Waals surface area contributed by atoms with Gasteiger partial charge in [0.05, 0.1) is 27.6 Å². The van der Waals surface area contributed by atoms with Gasteiger partial charge in [-0.2, -0.15) is 0 Å². The first kappa shape index (κ1) is 31.0. The molecule has 1 nitrogen and oxygen atoms in total. The summed E-state index contributed by atoms with van der Waals surface area (Å²) in [5, 5.41) is 2.53. The van der Waals surface area contributed by atoms with Crippen molar-refractivity contribution >= 4 is 21.8 Å². The first-order valence-electron chi connectivity index (χ1n) is 20.0. The average molecular weight is 722 g/mol. The summed E-state index contributed by atoms with van der Waals surface area (Å²) in [4.78, 5) is 0. The third-order valence-corrected chi connectivity index (χ3v) is 13.5. The Morgan fingerprint density at radius 2 is 0.737 bits per heavy atom. The van der Waals surface area contributed by atoms with Gasteiger partial charge < -0.3 is 4.57 Å². The maximum absolute atomic E-state index is 2.53. The quantitative estimate of drug-likeness (QED) is 0.167. The molecule has 57 heavy (non-hydrogen) atoms. The number of benzene rings is 9. The zero-order chi connectivity index (χ0) is 37.3. The molecule has 3 aliphatic rings. The van der Waals surface area contributed by atoms with Gasteiger partial charge in [-0.25, -0.2) is 0 Å². The molecule has 0 aliphatic heterocycles. The molecule has 1 heteroatoms. The highest BCUT2D eigenvalue weighted by Gasteiger charge is 2.59. The van der Waals surface area contributed by atoms with Crippen molar-refractivity contribution in [2.75, 3.05) is 0 Å². The average Bonchev–Trinajstić information content (AvgIpc) is 3.89. The highest BCUT2D eigenvalue weighted by Crippen LogP contribution is 2.67. The van der Waals surface area contributed by atoms with E-state index in [2.05, 4.69) is 217 Å². The zero-order valence-electron chi connectivity index (χ0n) is 31.2. The lowest BCUT2D eigenvalue weighted by molar-refractivity contribution is 0.633. The van der Waals surface area contributed by atoms with Crippen molar-refractivity contribution in [3.8, 4) is 39.1 Å². The van der Waals surface area contributed by atoms with Crippen LogP contribution in [0.15, 0.2) is 212 Å². The van der Waals surface area contributed by atoms with Gasteiger partial charge in [-0.15, -0.1) is 0 Å². The number of hydrogen-bond acceptors (Lipinski definition) is 0. The highest BCUT2D eigenvalue weighted by atomic mass is 15.0. The fourth-order valence-electron chi connectivity index (χ4n) is 11.5. The topological polar surface area (TPSA) is 4.93 Å². The molecule has 0 radical (unpaired) electrons. The molecule has 0 bridgehead atoms. The second-order valence-electron chi connectivity index (χ2n) is 15.9. The lowest BCUT2D eigenvalue weighted by Crippen LogP contribution is -2.43. The van der Waals surface area contributed by atoms with Crippen LogP contribution in [-0.4, -0.2) is 4.57 Å². The van der Waals surface area contributed by atoms with Crippen LogP contribution in [0.3, 0.4) is 0 Å². The van der Waals surface area contributed by atoms with Crippen LogP contribution in [0.4, 0.5) is 0 Å². The van der Waals surface area contributed by atoms with E-state index < -0.39 is 10.8 Å². The van der Waals surface area contributed by atoms with Gasteiger partial charge in [0.25, 0.3) is 0 Å². The molecular formula is C56H35N. The Kier molecular flexibility index (Phi) is 6.09. The first-order valence-corrected chi connectivity index (χ1v) is 20.0. The van der Waals surface area contributed by atoms with E-state index >= 15 is 0 Å². The molecule has 1 heterocycles. The van der Waals surface area contributed by atoms with Crippen LogP contribution in [0.25, 0.3) is 60.9 Å². The van der Waals surface area contributed by atoms with Crippen molar-refractivity contribution in [2.24, 2.45) is 0 Å². The maximum Gasteiger partial charge on any atom is 0.0720 e. The minimum absolute atomic E-state index is 0.454. The van der Waals surface area contributed by atoms with Crippen LogP contribution >= 0.6 is 0 Å². The Bertz CT molecular complexity index is 3210. The van der Waals surface area contributed by atoms with E-state index in [-0.39, 0.29) is 0 Å². The van der Waals surface area contributed by atoms with Crippen molar-refractivity contribution in [2.45, 2.75) is 10.8 Å². The fraction of sp³-hybridized carbons (Fsp3) is 0.0357. The number of fused-ring (bicyclic) bond motifs is 19. The summed E-state index contributed by atoms with van der Waals surface area (Å²) in [6.07, 6.45) is 0. The number of nitrogens with zero attached hydrogens (tertiary/aromatic N) is 1. The lowest BCUT2D eigenvalue weighted by atomic mass is 9.52. The molecule has 0 saturated carbocycles. The summed E-state index contributed by atoms with van der Waals surface area (Å²) in [5.74, 6) is 0.